The Hall–Kier alpha value is -0.750. The molecule has 7 heteroatoms. The number of hydrogen-bond donors (Lipinski definition) is 1. The van der Waals surface area contributed by atoms with Crippen LogP contribution in [0, 0.1) is 5.92 Å². The van der Waals surface area contributed by atoms with E-state index >= 15 is 0 Å². The highest BCUT2D eigenvalue weighted by Crippen LogP contribution is 2.50. The van der Waals surface area contributed by atoms with Crippen molar-refractivity contribution in [2.45, 2.75) is 65.1 Å². The second-order valence-corrected chi connectivity index (χ2v) is 8.96. The lowest BCUT2D eigenvalue weighted by atomic mass is 9.87. The summed E-state index contributed by atoms with van der Waals surface area (Å²) in [6.07, 6.45) is -1.26. The first-order chi connectivity index (χ1) is 12.9. The lowest BCUT2D eigenvalue weighted by Gasteiger charge is -2.44. The molecule has 1 heterocycles. The van der Waals surface area contributed by atoms with E-state index in [1.165, 1.54) is 0 Å². The molecule has 0 saturated carbocycles. The van der Waals surface area contributed by atoms with Crippen molar-refractivity contribution in [2.24, 2.45) is 5.92 Å². The van der Waals surface area contributed by atoms with Gasteiger partial charge in [-0.15, -0.1) is 0 Å². The highest BCUT2D eigenvalue weighted by molar-refractivity contribution is 7.53. The highest BCUT2D eigenvalue weighted by atomic mass is 31.2. The van der Waals surface area contributed by atoms with Crippen molar-refractivity contribution in [3.63, 3.8) is 0 Å². The molecule has 27 heavy (non-hydrogen) atoms. The summed E-state index contributed by atoms with van der Waals surface area (Å²) in [4.78, 5) is 0. The van der Waals surface area contributed by atoms with Gasteiger partial charge in [0.05, 0.1) is 44.3 Å². The van der Waals surface area contributed by atoms with Crippen LogP contribution in [0.15, 0.2) is 30.3 Å². The van der Waals surface area contributed by atoms with E-state index in [0.717, 1.165) is 12.0 Å². The molecule has 1 aliphatic heterocycles. The average molecular weight is 400 g/mol. The molecular formula is C20H33O6P. The SMILES string of the molecule is CCOP(=O)(C[C@H]1O[C@H](CC)[C@@H](C)[C@H](OCc2ccccc2)[C@H]1O)OCC. The normalized spacial score (nSPS) is 29.0. The number of aliphatic hydroxyl groups excluding tert-OH is 1. The van der Waals surface area contributed by atoms with Crippen molar-refractivity contribution in [2.75, 3.05) is 19.4 Å². The van der Waals surface area contributed by atoms with Gasteiger partial charge in [0.1, 0.15) is 6.10 Å². The van der Waals surface area contributed by atoms with Gasteiger partial charge in [0.25, 0.3) is 0 Å². The summed E-state index contributed by atoms with van der Waals surface area (Å²) in [5, 5.41) is 10.9. The van der Waals surface area contributed by atoms with Gasteiger partial charge < -0.3 is 23.6 Å². The molecule has 2 rings (SSSR count). The zero-order valence-corrected chi connectivity index (χ0v) is 17.6. The molecule has 0 spiro atoms. The first-order valence-electron chi connectivity index (χ1n) is 9.81. The van der Waals surface area contributed by atoms with Crippen LogP contribution in [-0.2, 0) is 29.7 Å². The molecule has 1 fully saturated rings. The topological polar surface area (TPSA) is 74.2 Å². The van der Waals surface area contributed by atoms with Crippen molar-refractivity contribution in [1.82, 2.24) is 0 Å². The zero-order chi connectivity index (χ0) is 19.9. The molecule has 1 aromatic carbocycles. The quantitative estimate of drug-likeness (QED) is 0.598. The summed E-state index contributed by atoms with van der Waals surface area (Å²) in [6, 6.07) is 9.85. The molecule has 1 aliphatic rings. The van der Waals surface area contributed by atoms with Crippen LogP contribution >= 0.6 is 7.60 Å². The van der Waals surface area contributed by atoms with Crippen LogP contribution < -0.4 is 0 Å². The van der Waals surface area contributed by atoms with Gasteiger partial charge in [-0.25, -0.2) is 0 Å². The third-order valence-corrected chi connectivity index (χ3v) is 7.02. The van der Waals surface area contributed by atoms with Crippen LogP contribution in [0.3, 0.4) is 0 Å². The molecule has 0 aliphatic carbocycles. The molecule has 0 aromatic heterocycles. The predicted molar refractivity (Wildman–Crippen MR) is 105 cm³/mol. The Morgan fingerprint density at radius 3 is 2.26 bits per heavy atom. The monoisotopic (exact) mass is 400 g/mol. The van der Waals surface area contributed by atoms with Gasteiger partial charge in [-0.05, 0) is 25.8 Å². The summed E-state index contributed by atoms with van der Waals surface area (Å²) in [5.74, 6) is 0.0172. The Bertz CT molecular complexity index is 585. The Kier molecular flexibility index (Phi) is 8.93. The fourth-order valence-corrected chi connectivity index (χ4v) is 5.37. The lowest BCUT2D eigenvalue weighted by Crippen LogP contribution is -2.55. The van der Waals surface area contributed by atoms with Crippen LogP contribution in [0.5, 0.6) is 0 Å². The fourth-order valence-electron chi connectivity index (χ4n) is 3.56. The maximum atomic E-state index is 12.9. The van der Waals surface area contributed by atoms with Crippen molar-refractivity contribution in [3.8, 4) is 0 Å². The van der Waals surface area contributed by atoms with Crippen LogP contribution in [0.25, 0.3) is 0 Å². The maximum Gasteiger partial charge on any atom is 0.333 e. The second kappa shape index (κ2) is 10.7. The van der Waals surface area contributed by atoms with Crippen molar-refractivity contribution < 1.29 is 28.2 Å². The summed E-state index contributed by atoms with van der Waals surface area (Å²) in [6.45, 7) is 8.57. The van der Waals surface area contributed by atoms with Gasteiger partial charge in [0.15, 0.2) is 0 Å². The van der Waals surface area contributed by atoms with E-state index < -0.39 is 25.9 Å². The largest absolute Gasteiger partial charge is 0.388 e. The summed E-state index contributed by atoms with van der Waals surface area (Å²) in [7, 11) is -3.33. The van der Waals surface area contributed by atoms with E-state index in [4.69, 9.17) is 18.5 Å². The van der Waals surface area contributed by atoms with Crippen LogP contribution in [0.2, 0.25) is 0 Å². The average Bonchev–Trinajstić information content (AvgIpc) is 2.65. The van der Waals surface area contributed by atoms with Gasteiger partial charge in [-0.1, -0.05) is 44.2 Å². The molecule has 0 unspecified atom stereocenters. The molecule has 0 amide bonds. The van der Waals surface area contributed by atoms with Gasteiger partial charge >= 0.3 is 7.60 Å². The third kappa shape index (κ3) is 6.11. The molecule has 5 atom stereocenters. The zero-order valence-electron chi connectivity index (χ0n) is 16.7. The van der Waals surface area contributed by atoms with Gasteiger partial charge in [-0.2, -0.15) is 0 Å². The third-order valence-electron chi connectivity index (χ3n) is 4.91. The van der Waals surface area contributed by atoms with Crippen molar-refractivity contribution in [3.05, 3.63) is 35.9 Å². The Morgan fingerprint density at radius 2 is 1.70 bits per heavy atom. The molecular weight excluding hydrogens is 367 g/mol. The van der Waals surface area contributed by atoms with E-state index in [2.05, 4.69) is 0 Å². The minimum absolute atomic E-state index is 0.0172. The number of aliphatic hydroxyl groups is 1. The Labute approximate surface area is 162 Å². The summed E-state index contributed by atoms with van der Waals surface area (Å²) in [5.41, 5.74) is 1.04. The number of rotatable bonds is 10. The number of ether oxygens (including phenoxy) is 2. The molecule has 6 nitrogen and oxygen atoms in total. The summed E-state index contributed by atoms with van der Waals surface area (Å²) < 4.78 is 35.8. The second-order valence-electron chi connectivity index (χ2n) is 6.86. The number of benzene rings is 1. The highest BCUT2D eigenvalue weighted by Gasteiger charge is 2.46. The van der Waals surface area contributed by atoms with Crippen molar-refractivity contribution >= 4 is 7.60 Å². The van der Waals surface area contributed by atoms with Crippen molar-refractivity contribution in [1.29, 1.82) is 0 Å². The van der Waals surface area contributed by atoms with Crippen LogP contribution in [-0.4, -0.2) is 48.9 Å². The van der Waals surface area contributed by atoms with Gasteiger partial charge in [0, 0.05) is 5.92 Å². The van der Waals surface area contributed by atoms with E-state index in [9.17, 15) is 9.67 Å². The summed E-state index contributed by atoms with van der Waals surface area (Å²) >= 11 is 0. The Morgan fingerprint density at radius 1 is 1.07 bits per heavy atom. The molecule has 154 valence electrons. The van der Waals surface area contributed by atoms with Gasteiger partial charge in [0.2, 0.25) is 0 Å². The van der Waals surface area contributed by atoms with Crippen LogP contribution in [0.1, 0.15) is 39.7 Å². The molecule has 1 saturated heterocycles. The van der Waals surface area contributed by atoms with E-state index in [0.29, 0.717) is 6.61 Å². The molecule has 0 bridgehead atoms. The molecule has 0 radical (unpaired) electrons. The van der Waals surface area contributed by atoms with E-state index in [1.807, 2.05) is 44.2 Å². The van der Waals surface area contributed by atoms with Crippen LogP contribution in [0.4, 0.5) is 0 Å². The predicted octanol–water partition coefficient (Wildman–Crippen LogP) is 4.01. The Balaban J connectivity index is 2.12. The molecule has 1 aromatic rings. The lowest BCUT2D eigenvalue weighted by molar-refractivity contribution is -0.208. The first-order valence-corrected chi connectivity index (χ1v) is 11.5. The van der Waals surface area contributed by atoms with E-state index in [1.54, 1.807) is 13.8 Å². The standard InChI is InChI=1S/C20H33O6P/c1-5-17-15(4)20(23-13-16-11-9-8-10-12-16)19(21)18(26-17)14-27(22,24-6-2)25-7-3/h8-12,15,17-21H,5-7,13-14H2,1-4H3/t15-,17-,18-,19+,20+/m1/s1. The smallest absolute Gasteiger partial charge is 0.333 e. The number of hydrogen-bond acceptors (Lipinski definition) is 6. The minimum Gasteiger partial charge on any atom is -0.388 e. The fraction of sp³-hybridized carbons (Fsp3) is 0.700. The van der Waals surface area contributed by atoms with Gasteiger partial charge in [-0.3, -0.25) is 4.57 Å². The minimum atomic E-state index is -3.33. The first kappa shape index (κ1) is 22.5. The van der Waals surface area contributed by atoms with E-state index in [-0.39, 0.29) is 31.4 Å². The maximum absolute atomic E-state index is 12.9. The molecule has 1 N–H and O–H groups in total.